The molecule has 1 aromatic heterocycles. The van der Waals surface area contributed by atoms with Gasteiger partial charge < -0.3 is 9.42 Å². The van der Waals surface area contributed by atoms with Crippen LogP contribution >= 0.6 is 0 Å². The van der Waals surface area contributed by atoms with Crippen molar-refractivity contribution < 1.29 is 17.7 Å². The van der Waals surface area contributed by atoms with Crippen LogP contribution in [0.2, 0.25) is 0 Å². The summed E-state index contributed by atoms with van der Waals surface area (Å²) in [6, 6.07) is -0.189. The van der Waals surface area contributed by atoms with E-state index in [1.807, 2.05) is 0 Å². The third kappa shape index (κ3) is 5.38. The molecule has 1 atom stereocenters. The summed E-state index contributed by atoms with van der Waals surface area (Å²) in [6.07, 6.45) is 4.32. The van der Waals surface area contributed by atoms with Crippen LogP contribution in [0.25, 0.3) is 0 Å². The Labute approximate surface area is 130 Å². The highest BCUT2D eigenvalue weighted by Gasteiger charge is 2.25. The Hall–Kier alpha value is -1.48. The lowest BCUT2D eigenvalue weighted by Gasteiger charge is -2.32. The van der Waals surface area contributed by atoms with Crippen LogP contribution in [-0.4, -0.2) is 54.8 Å². The molecule has 1 fully saturated rings. The topological polar surface area (TPSA) is 105 Å². The Morgan fingerprint density at radius 3 is 2.91 bits per heavy atom. The van der Waals surface area contributed by atoms with Gasteiger partial charge in [0.25, 0.3) is 0 Å². The van der Waals surface area contributed by atoms with E-state index in [4.69, 9.17) is 4.52 Å². The van der Waals surface area contributed by atoms with Crippen molar-refractivity contribution in [3.8, 4) is 0 Å². The van der Waals surface area contributed by atoms with Gasteiger partial charge in [-0.25, -0.2) is 13.1 Å². The second-order valence-corrected chi connectivity index (χ2v) is 7.44. The zero-order valence-electron chi connectivity index (χ0n) is 12.9. The van der Waals surface area contributed by atoms with Crippen LogP contribution in [0.1, 0.15) is 37.4 Å². The minimum Gasteiger partial charge on any atom is -0.341 e. The number of amides is 1. The normalized spacial score (nSPS) is 19.4. The van der Waals surface area contributed by atoms with Gasteiger partial charge >= 0.3 is 0 Å². The quantitative estimate of drug-likeness (QED) is 0.801. The number of hydrogen-bond donors (Lipinski definition) is 1. The first kappa shape index (κ1) is 16.9. The van der Waals surface area contributed by atoms with Gasteiger partial charge in [-0.15, -0.1) is 0 Å². The third-order valence-electron chi connectivity index (χ3n) is 3.51. The van der Waals surface area contributed by atoms with Gasteiger partial charge in [0.05, 0.1) is 6.26 Å². The maximum Gasteiger partial charge on any atom is 0.226 e. The van der Waals surface area contributed by atoms with E-state index < -0.39 is 10.0 Å². The molecule has 1 aliphatic rings. The van der Waals surface area contributed by atoms with Gasteiger partial charge in [-0.2, -0.15) is 4.98 Å². The summed E-state index contributed by atoms with van der Waals surface area (Å²) in [5.74, 6) is 1.17. The summed E-state index contributed by atoms with van der Waals surface area (Å²) in [5, 5.41) is 3.70. The molecule has 124 valence electrons. The van der Waals surface area contributed by atoms with Gasteiger partial charge in [-0.1, -0.05) is 5.16 Å². The van der Waals surface area contributed by atoms with Crippen molar-refractivity contribution in [2.45, 2.75) is 45.1 Å². The molecule has 8 nitrogen and oxygen atoms in total. The highest BCUT2D eigenvalue weighted by Crippen LogP contribution is 2.13. The number of nitrogens with one attached hydrogen (secondary N) is 1. The maximum atomic E-state index is 12.2. The third-order valence-corrected chi connectivity index (χ3v) is 4.27. The minimum absolute atomic E-state index is 0.0382. The van der Waals surface area contributed by atoms with Crippen molar-refractivity contribution in [3.63, 3.8) is 0 Å². The monoisotopic (exact) mass is 330 g/mol. The molecule has 1 saturated heterocycles. The van der Waals surface area contributed by atoms with Gasteiger partial charge in [0, 0.05) is 32.0 Å². The number of carbonyl (C=O) groups is 1. The largest absolute Gasteiger partial charge is 0.341 e. The molecule has 9 heteroatoms. The number of likely N-dealkylation sites (tertiary alicyclic amines) is 1. The Balaban J connectivity index is 1.76. The fourth-order valence-electron chi connectivity index (χ4n) is 2.59. The summed E-state index contributed by atoms with van der Waals surface area (Å²) >= 11 is 0. The van der Waals surface area contributed by atoms with Crippen LogP contribution in [0.5, 0.6) is 0 Å². The maximum absolute atomic E-state index is 12.2. The van der Waals surface area contributed by atoms with Crippen LogP contribution in [0, 0.1) is 6.92 Å². The van der Waals surface area contributed by atoms with Gasteiger partial charge in [0.2, 0.25) is 21.8 Å². The standard InChI is InChI=1S/C13H22N4O4S/c1-10-14-12(21-15-10)6-3-7-13(18)17-8-4-5-11(9-17)16-22(2,19)20/h11,16H,3-9H2,1-2H3. The van der Waals surface area contributed by atoms with E-state index >= 15 is 0 Å². The SMILES string of the molecule is Cc1noc(CCCC(=O)N2CCCC(NS(C)(=O)=O)C2)n1. The fraction of sp³-hybridized carbons (Fsp3) is 0.769. The number of aryl methyl sites for hydroxylation is 2. The molecule has 0 aromatic carbocycles. The predicted molar refractivity (Wildman–Crippen MR) is 79.6 cm³/mol. The highest BCUT2D eigenvalue weighted by atomic mass is 32.2. The number of piperidine rings is 1. The van der Waals surface area contributed by atoms with Crippen LogP contribution in [0.3, 0.4) is 0 Å². The van der Waals surface area contributed by atoms with Crippen molar-refractivity contribution in [2.24, 2.45) is 0 Å². The van der Waals surface area contributed by atoms with Crippen molar-refractivity contribution in [2.75, 3.05) is 19.3 Å². The molecule has 2 heterocycles. The number of carbonyl (C=O) groups excluding carboxylic acids is 1. The van der Waals surface area contributed by atoms with Crippen molar-refractivity contribution >= 4 is 15.9 Å². The molecule has 1 aromatic rings. The van der Waals surface area contributed by atoms with Crippen molar-refractivity contribution in [3.05, 3.63) is 11.7 Å². The van der Waals surface area contributed by atoms with Gasteiger partial charge in [-0.05, 0) is 26.2 Å². The number of nitrogens with zero attached hydrogens (tertiary/aromatic N) is 3. The van der Waals surface area contributed by atoms with Crippen LogP contribution < -0.4 is 4.72 Å². The molecule has 0 bridgehead atoms. The van der Waals surface area contributed by atoms with Gasteiger partial charge in [0.15, 0.2) is 5.82 Å². The second-order valence-electron chi connectivity index (χ2n) is 5.66. The van der Waals surface area contributed by atoms with Gasteiger partial charge in [-0.3, -0.25) is 4.79 Å². The fourth-order valence-corrected chi connectivity index (χ4v) is 3.39. The summed E-state index contributed by atoms with van der Waals surface area (Å²) in [6.45, 7) is 2.87. The molecule has 1 N–H and O–H groups in total. The summed E-state index contributed by atoms with van der Waals surface area (Å²) in [4.78, 5) is 18.0. The molecule has 0 radical (unpaired) electrons. The first-order chi connectivity index (χ1) is 10.3. The van der Waals surface area contributed by atoms with E-state index in [1.165, 1.54) is 0 Å². The predicted octanol–water partition coefficient (Wildman–Crippen LogP) is 0.241. The zero-order valence-corrected chi connectivity index (χ0v) is 13.7. The average molecular weight is 330 g/mol. The number of sulfonamides is 1. The molecular formula is C13H22N4O4S. The molecule has 0 spiro atoms. The molecule has 22 heavy (non-hydrogen) atoms. The molecular weight excluding hydrogens is 308 g/mol. The number of aromatic nitrogens is 2. The Bertz CT molecular complexity index is 613. The van der Waals surface area contributed by atoms with E-state index in [9.17, 15) is 13.2 Å². The van der Waals surface area contributed by atoms with E-state index in [2.05, 4.69) is 14.9 Å². The Morgan fingerprint density at radius 1 is 1.50 bits per heavy atom. The Kier molecular flexibility index (Phi) is 5.52. The lowest BCUT2D eigenvalue weighted by atomic mass is 10.1. The molecule has 1 aliphatic heterocycles. The van der Waals surface area contributed by atoms with Crippen molar-refractivity contribution in [1.29, 1.82) is 0 Å². The zero-order chi connectivity index (χ0) is 16.2. The number of rotatable bonds is 6. The van der Waals surface area contributed by atoms with Crippen LogP contribution in [0.4, 0.5) is 0 Å². The smallest absolute Gasteiger partial charge is 0.226 e. The first-order valence-corrected chi connectivity index (χ1v) is 9.27. The van der Waals surface area contributed by atoms with Crippen LogP contribution in [-0.2, 0) is 21.2 Å². The van der Waals surface area contributed by atoms with Crippen LogP contribution in [0.15, 0.2) is 4.52 Å². The number of hydrogen-bond acceptors (Lipinski definition) is 6. The Morgan fingerprint density at radius 2 is 2.27 bits per heavy atom. The van der Waals surface area contributed by atoms with Crippen molar-refractivity contribution in [1.82, 2.24) is 19.8 Å². The van der Waals surface area contributed by atoms with E-state index in [0.717, 1.165) is 19.1 Å². The minimum atomic E-state index is -3.24. The van der Waals surface area contributed by atoms with E-state index in [1.54, 1.807) is 11.8 Å². The van der Waals surface area contributed by atoms with E-state index in [0.29, 0.717) is 44.1 Å². The average Bonchev–Trinajstić information content (AvgIpc) is 2.83. The second kappa shape index (κ2) is 7.19. The molecule has 1 amide bonds. The molecule has 2 rings (SSSR count). The van der Waals surface area contributed by atoms with E-state index in [-0.39, 0.29) is 11.9 Å². The first-order valence-electron chi connectivity index (χ1n) is 7.38. The lowest BCUT2D eigenvalue weighted by Crippen LogP contribution is -2.49. The molecule has 1 unspecified atom stereocenters. The summed E-state index contributed by atoms with van der Waals surface area (Å²) in [7, 11) is -3.24. The lowest BCUT2D eigenvalue weighted by molar-refractivity contribution is -0.132. The molecule has 0 saturated carbocycles. The summed E-state index contributed by atoms with van der Waals surface area (Å²) < 4.78 is 30.1. The summed E-state index contributed by atoms with van der Waals surface area (Å²) in [5.41, 5.74) is 0. The van der Waals surface area contributed by atoms with Gasteiger partial charge in [0.1, 0.15) is 0 Å². The highest BCUT2D eigenvalue weighted by molar-refractivity contribution is 7.88. The molecule has 0 aliphatic carbocycles.